The lowest BCUT2D eigenvalue weighted by atomic mass is 10.1. The van der Waals surface area contributed by atoms with Gasteiger partial charge in [-0.1, -0.05) is 23.9 Å². The van der Waals surface area contributed by atoms with E-state index in [0.29, 0.717) is 0 Å². The van der Waals surface area contributed by atoms with Gasteiger partial charge in [0.05, 0.1) is 6.04 Å². The minimum Gasteiger partial charge on any atom is -0.359 e. The quantitative estimate of drug-likeness (QED) is 0.873. The highest BCUT2D eigenvalue weighted by Gasteiger charge is 2.27. The third-order valence-electron chi connectivity index (χ3n) is 2.68. The molecule has 1 N–H and O–H groups in total. The van der Waals surface area contributed by atoms with Crippen LogP contribution in [0.15, 0.2) is 29.3 Å². The number of nitrogens with zero attached hydrogens (tertiary/aromatic N) is 1. The van der Waals surface area contributed by atoms with Crippen LogP contribution >= 0.6 is 11.8 Å². The number of halogens is 1. The second-order valence-corrected chi connectivity index (χ2v) is 5.92. The van der Waals surface area contributed by atoms with E-state index in [9.17, 15) is 4.39 Å². The van der Waals surface area contributed by atoms with Crippen LogP contribution in [0.4, 0.5) is 4.39 Å². The first kappa shape index (κ1) is 12.4. The lowest BCUT2D eigenvalue weighted by Gasteiger charge is -2.16. The van der Waals surface area contributed by atoms with E-state index in [4.69, 9.17) is 0 Å². The van der Waals surface area contributed by atoms with Crippen LogP contribution in [0.2, 0.25) is 0 Å². The van der Waals surface area contributed by atoms with Gasteiger partial charge in [0.25, 0.3) is 0 Å². The molecule has 1 aliphatic rings. The van der Waals surface area contributed by atoms with E-state index in [1.54, 1.807) is 23.9 Å². The molecule has 4 heteroatoms. The fraction of sp³-hybridized carbons (Fsp3) is 0.462. The van der Waals surface area contributed by atoms with Crippen molar-refractivity contribution in [1.29, 1.82) is 0 Å². The van der Waals surface area contributed by atoms with Crippen molar-refractivity contribution in [3.05, 3.63) is 35.6 Å². The van der Waals surface area contributed by atoms with E-state index in [-0.39, 0.29) is 17.4 Å². The summed E-state index contributed by atoms with van der Waals surface area (Å²) >= 11 is 1.74. The molecule has 0 radical (unpaired) electrons. The van der Waals surface area contributed by atoms with Gasteiger partial charge in [-0.15, -0.1) is 0 Å². The van der Waals surface area contributed by atoms with Crippen LogP contribution in [0, 0.1) is 5.82 Å². The maximum atomic E-state index is 12.8. The molecule has 0 spiro atoms. The molecule has 0 saturated carbocycles. The zero-order valence-electron chi connectivity index (χ0n) is 10.3. The molecule has 1 atom stereocenters. The van der Waals surface area contributed by atoms with Crippen molar-refractivity contribution >= 4 is 16.9 Å². The van der Waals surface area contributed by atoms with Crippen LogP contribution in [0.1, 0.15) is 32.4 Å². The molecule has 0 aliphatic carbocycles. The maximum absolute atomic E-state index is 12.8. The molecule has 92 valence electrons. The Hall–Kier alpha value is -1.03. The molecule has 17 heavy (non-hydrogen) atoms. The third-order valence-corrected chi connectivity index (χ3v) is 4.03. The summed E-state index contributed by atoms with van der Waals surface area (Å²) in [5.41, 5.74) is 1.15. The van der Waals surface area contributed by atoms with Gasteiger partial charge in [-0.05, 0) is 38.5 Å². The third kappa shape index (κ3) is 3.22. The molecule has 0 amide bonds. The lowest BCUT2D eigenvalue weighted by molar-refractivity contribution is 0.535. The number of aliphatic imine (C=N–C) groups is 1. The Bertz CT molecular complexity index is 426. The Morgan fingerprint density at radius 2 is 2.00 bits per heavy atom. The average molecular weight is 252 g/mol. The number of amidine groups is 1. The molecular formula is C13H17FN2S. The van der Waals surface area contributed by atoms with Crippen molar-refractivity contribution in [3.63, 3.8) is 0 Å². The SMILES string of the molecule is CC(N=C1NC(C)(C)CS1)c1ccc(F)cc1. The summed E-state index contributed by atoms with van der Waals surface area (Å²) in [4.78, 5) is 4.62. The van der Waals surface area contributed by atoms with Gasteiger partial charge in [-0.2, -0.15) is 0 Å². The van der Waals surface area contributed by atoms with E-state index >= 15 is 0 Å². The van der Waals surface area contributed by atoms with Gasteiger partial charge in [-0.25, -0.2) is 4.39 Å². The Balaban J connectivity index is 2.09. The predicted octanol–water partition coefficient (Wildman–Crippen LogP) is 3.36. The first-order valence-electron chi connectivity index (χ1n) is 5.70. The molecular weight excluding hydrogens is 235 g/mol. The monoisotopic (exact) mass is 252 g/mol. The van der Waals surface area contributed by atoms with Crippen LogP contribution in [0.25, 0.3) is 0 Å². The van der Waals surface area contributed by atoms with Gasteiger partial charge in [0.2, 0.25) is 0 Å². The van der Waals surface area contributed by atoms with E-state index in [2.05, 4.69) is 24.2 Å². The minimum atomic E-state index is -0.205. The van der Waals surface area contributed by atoms with Gasteiger partial charge in [-0.3, -0.25) is 4.99 Å². The molecule has 0 bridgehead atoms. The molecule has 2 rings (SSSR count). The van der Waals surface area contributed by atoms with Gasteiger partial charge >= 0.3 is 0 Å². The van der Waals surface area contributed by atoms with Crippen molar-refractivity contribution in [3.8, 4) is 0 Å². The number of thioether (sulfide) groups is 1. The van der Waals surface area contributed by atoms with Crippen LogP contribution in [-0.4, -0.2) is 16.5 Å². The second-order valence-electron chi connectivity index (χ2n) is 4.96. The Labute approximate surface area is 106 Å². The molecule has 0 aromatic heterocycles. The number of nitrogens with one attached hydrogen (secondary N) is 1. The zero-order valence-corrected chi connectivity index (χ0v) is 11.1. The molecule has 1 fully saturated rings. The fourth-order valence-electron chi connectivity index (χ4n) is 1.67. The highest BCUT2D eigenvalue weighted by molar-refractivity contribution is 8.14. The fourth-order valence-corrected chi connectivity index (χ4v) is 2.82. The average Bonchev–Trinajstić information content (AvgIpc) is 2.59. The van der Waals surface area contributed by atoms with Crippen molar-refractivity contribution in [2.45, 2.75) is 32.4 Å². The molecule has 1 aliphatic heterocycles. The number of benzene rings is 1. The molecule has 1 aromatic rings. The molecule has 1 heterocycles. The normalized spacial score (nSPS) is 22.5. The summed E-state index contributed by atoms with van der Waals surface area (Å²) in [6.45, 7) is 6.34. The van der Waals surface area contributed by atoms with Crippen molar-refractivity contribution < 1.29 is 4.39 Å². The largest absolute Gasteiger partial charge is 0.359 e. The predicted molar refractivity (Wildman–Crippen MR) is 71.9 cm³/mol. The summed E-state index contributed by atoms with van der Waals surface area (Å²) in [6, 6.07) is 6.58. The van der Waals surface area contributed by atoms with E-state index in [1.807, 2.05) is 6.92 Å². The van der Waals surface area contributed by atoms with Crippen molar-refractivity contribution in [2.75, 3.05) is 5.75 Å². The summed E-state index contributed by atoms with van der Waals surface area (Å²) < 4.78 is 12.8. The molecule has 1 aromatic carbocycles. The zero-order chi connectivity index (χ0) is 12.5. The van der Waals surface area contributed by atoms with Gasteiger partial charge in [0.15, 0.2) is 5.17 Å². The number of hydrogen-bond donors (Lipinski definition) is 1. The van der Waals surface area contributed by atoms with Gasteiger partial charge in [0.1, 0.15) is 5.82 Å². The van der Waals surface area contributed by atoms with E-state index in [0.717, 1.165) is 16.5 Å². The summed E-state index contributed by atoms with van der Waals surface area (Å²) in [7, 11) is 0. The first-order valence-corrected chi connectivity index (χ1v) is 6.69. The summed E-state index contributed by atoms with van der Waals surface area (Å²) in [5, 5.41) is 4.36. The Morgan fingerprint density at radius 1 is 1.35 bits per heavy atom. The highest BCUT2D eigenvalue weighted by Crippen LogP contribution is 2.25. The van der Waals surface area contributed by atoms with Crippen molar-refractivity contribution in [2.24, 2.45) is 4.99 Å². The Morgan fingerprint density at radius 3 is 2.53 bits per heavy atom. The highest BCUT2D eigenvalue weighted by atomic mass is 32.2. The van der Waals surface area contributed by atoms with Gasteiger partial charge in [0, 0.05) is 11.3 Å². The van der Waals surface area contributed by atoms with E-state index < -0.39 is 0 Å². The maximum Gasteiger partial charge on any atom is 0.157 e. The minimum absolute atomic E-state index is 0.0551. The van der Waals surface area contributed by atoms with E-state index in [1.165, 1.54) is 12.1 Å². The Kier molecular flexibility index (Phi) is 3.43. The molecule has 1 saturated heterocycles. The summed E-state index contributed by atoms with van der Waals surface area (Å²) in [5.74, 6) is 0.824. The van der Waals surface area contributed by atoms with Crippen LogP contribution in [0.3, 0.4) is 0 Å². The van der Waals surface area contributed by atoms with Crippen LogP contribution < -0.4 is 5.32 Å². The smallest absolute Gasteiger partial charge is 0.157 e. The number of hydrogen-bond acceptors (Lipinski definition) is 2. The number of rotatable bonds is 2. The molecule has 1 unspecified atom stereocenters. The topological polar surface area (TPSA) is 24.4 Å². The van der Waals surface area contributed by atoms with Gasteiger partial charge < -0.3 is 5.32 Å². The van der Waals surface area contributed by atoms with Crippen LogP contribution in [0.5, 0.6) is 0 Å². The van der Waals surface area contributed by atoms with Crippen molar-refractivity contribution in [1.82, 2.24) is 5.32 Å². The molecule has 2 nitrogen and oxygen atoms in total. The van der Waals surface area contributed by atoms with Crippen LogP contribution in [-0.2, 0) is 0 Å². The first-order chi connectivity index (χ1) is 7.96. The summed E-state index contributed by atoms with van der Waals surface area (Å²) in [6.07, 6.45) is 0. The second kappa shape index (κ2) is 4.69. The lowest BCUT2D eigenvalue weighted by Crippen LogP contribution is -2.37. The standard InChI is InChI=1S/C13H17FN2S/c1-9(10-4-6-11(14)7-5-10)15-12-16-13(2,3)8-17-12/h4-7,9H,8H2,1-3H3,(H,15,16).